The zero-order chi connectivity index (χ0) is 21.7. The maximum absolute atomic E-state index is 13.3. The number of fused-ring (bicyclic) bond motifs is 1. The van der Waals surface area contributed by atoms with Crippen molar-refractivity contribution in [2.24, 2.45) is 0 Å². The lowest BCUT2D eigenvalue weighted by Gasteiger charge is -2.33. The van der Waals surface area contributed by atoms with Crippen LogP contribution >= 0.6 is 0 Å². The number of nitrogens with one attached hydrogen (secondary N) is 1. The number of amides is 2. The Hall–Kier alpha value is -2.52. The fraction of sp³-hybridized carbons (Fsp3) is 0.571. The summed E-state index contributed by atoms with van der Waals surface area (Å²) in [6.07, 6.45) is 0.582. The minimum absolute atomic E-state index is 0.0778. The zero-order valence-corrected chi connectivity index (χ0v) is 17.4. The van der Waals surface area contributed by atoms with Gasteiger partial charge in [-0.15, -0.1) is 0 Å². The van der Waals surface area contributed by atoms with Crippen LogP contribution in [0, 0.1) is 5.82 Å². The smallest absolute Gasteiger partial charge is 0.253 e. The van der Waals surface area contributed by atoms with Crippen molar-refractivity contribution in [2.45, 2.75) is 38.7 Å². The molecule has 3 rings (SSSR count). The molecule has 164 valence electrons. The van der Waals surface area contributed by atoms with Gasteiger partial charge in [-0.1, -0.05) is 5.16 Å². The van der Waals surface area contributed by atoms with Crippen LogP contribution in [-0.4, -0.2) is 77.2 Å². The van der Waals surface area contributed by atoms with Crippen LogP contribution < -0.4 is 5.32 Å². The number of aliphatic hydroxyl groups excluding tert-OH is 1. The van der Waals surface area contributed by atoms with Gasteiger partial charge in [0.05, 0.1) is 12.2 Å². The van der Waals surface area contributed by atoms with Crippen molar-refractivity contribution in [2.75, 3.05) is 39.3 Å². The first kappa shape index (κ1) is 22.2. The predicted octanol–water partition coefficient (Wildman–Crippen LogP) is 1.49. The van der Waals surface area contributed by atoms with E-state index >= 15 is 0 Å². The third kappa shape index (κ3) is 5.34. The fourth-order valence-electron chi connectivity index (χ4n) is 3.88. The lowest BCUT2D eigenvalue weighted by molar-refractivity contribution is -0.140. The number of benzene rings is 1. The molecule has 0 aliphatic carbocycles. The molecule has 1 atom stereocenters. The highest BCUT2D eigenvalue weighted by molar-refractivity contribution is 5.82. The molecule has 8 nitrogen and oxygen atoms in total. The molecule has 2 heterocycles. The SMILES string of the molecule is CCN(CCN1CCC(c2noc3cc(F)ccc23)CC1)C(=O)C(O)CNC(C)=O. The number of hydrogen-bond acceptors (Lipinski definition) is 6. The number of nitrogens with zero attached hydrogens (tertiary/aromatic N) is 3. The fourth-order valence-corrected chi connectivity index (χ4v) is 3.88. The molecule has 30 heavy (non-hydrogen) atoms. The summed E-state index contributed by atoms with van der Waals surface area (Å²) in [6.45, 7) is 6.58. The van der Waals surface area contributed by atoms with E-state index in [1.165, 1.54) is 19.1 Å². The van der Waals surface area contributed by atoms with Crippen molar-refractivity contribution in [3.8, 4) is 0 Å². The molecular weight excluding hydrogens is 391 g/mol. The van der Waals surface area contributed by atoms with Gasteiger partial charge in [0.2, 0.25) is 5.91 Å². The number of carbonyl (C=O) groups excluding carboxylic acids is 2. The molecule has 1 aliphatic heterocycles. The Kier molecular flexibility index (Phi) is 7.38. The van der Waals surface area contributed by atoms with Crippen molar-refractivity contribution in [1.29, 1.82) is 0 Å². The lowest BCUT2D eigenvalue weighted by Crippen LogP contribution is -2.47. The molecule has 1 aromatic heterocycles. The molecule has 2 aromatic rings. The van der Waals surface area contributed by atoms with Gasteiger partial charge in [-0.25, -0.2) is 4.39 Å². The minimum atomic E-state index is -1.23. The number of hydrogen-bond donors (Lipinski definition) is 2. The Labute approximate surface area is 175 Å². The average Bonchev–Trinajstić information content (AvgIpc) is 3.15. The molecule has 1 aliphatic rings. The van der Waals surface area contributed by atoms with Crippen molar-refractivity contribution >= 4 is 22.8 Å². The zero-order valence-electron chi connectivity index (χ0n) is 17.4. The van der Waals surface area contributed by atoms with E-state index in [2.05, 4.69) is 15.4 Å². The van der Waals surface area contributed by atoms with Crippen LogP contribution in [0.4, 0.5) is 4.39 Å². The molecule has 2 amide bonds. The number of likely N-dealkylation sites (N-methyl/N-ethyl adjacent to an activating group) is 1. The summed E-state index contributed by atoms with van der Waals surface area (Å²) in [7, 11) is 0. The van der Waals surface area contributed by atoms with Crippen LogP contribution in [0.25, 0.3) is 11.0 Å². The Bertz CT molecular complexity index is 879. The van der Waals surface area contributed by atoms with Crippen molar-refractivity contribution in [1.82, 2.24) is 20.3 Å². The van der Waals surface area contributed by atoms with Crippen LogP contribution in [0.3, 0.4) is 0 Å². The average molecular weight is 420 g/mol. The Morgan fingerprint density at radius 1 is 1.40 bits per heavy atom. The van der Waals surface area contributed by atoms with Crippen LogP contribution in [0.1, 0.15) is 38.3 Å². The van der Waals surface area contributed by atoms with E-state index in [9.17, 15) is 19.1 Å². The van der Waals surface area contributed by atoms with Crippen molar-refractivity contribution in [3.05, 3.63) is 29.7 Å². The summed E-state index contributed by atoms with van der Waals surface area (Å²) >= 11 is 0. The van der Waals surface area contributed by atoms with E-state index < -0.39 is 6.10 Å². The van der Waals surface area contributed by atoms with Crippen LogP contribution in [0.5, 0.6) is 0 Å². The summed E-state index contributed by atoms with van der Waals surface area (Å²) in [4.78, 5) is 27.2. The Morgan fingerprint density at radius 2 is 2.13 bits per heavy atom. The first-order valence-corrected chi connectivity index (χ1v) is 10.4. The van der Waals surface area contributed by atoms with Gasteiger partial charge < -0.3 is 24.7 Å². The highest BCUT2D eigenvalue weighted by Gasteiger charge is 2.26. The third-order valence-electron chi connectivity index (χ3n) is 5.65. The normalized spacial score (nSPS) is 16.5. The van der Waals surface area contributed by atoms with Gasteiger partial charge in [0.25, 0.3) is 5.91 Å². The molecule has 2 N–H and O–H groups in total. The van der Waals surface area contributed by atoms with Crippen LogP contribution in [-0.2, 0) is 9.59 Å². The van der Waals surface area contributed by atoms with Gasteiger partial charge in [0.1, 0.15) is 11.9 Å². The second-order valence-corrected chi connectivity index (χ2v) is 7.70. The molecule has 1 saturated heterocycles. The lowest BCUT2D eigenvalue weighted by atomic mass is 9.91. The Balaban J connectivity index is 1.49. The summed E-state index contributed by atoms with van der Waals surface area (Å²) in [5.41, 5.74) is 1.36. The standard InChI is InChI=1S/C21H29FN4O4/c1-3-26(21(29)18(28)13-23-14(2)27)11-10-25-8-6-15(7-9-25)20-17-5-4-16(22)12-19(17)30-24-20/h4-5,12,15,18,28H,3,6-11,13H2,1-2H3,(H,23,27). The molecule has 0 saturated carbocycles. The number of aromatic nitrogens is 1. The first-order valence-electron chi connectivity index (χ1n) is 10.4. The molecule has 1 fully saturated rings. The van der Waals surface area contributed by atoms with Gasteiger partial charge >= 0.3 is 0 Å². The maximum Gasteiger partial charge on any atom is 0.253 e. The minimum Gasteiger partial charge on any atom is -0.381 e. The van der Waals surface area contributed by atoms with Crippen molar-refractivity contribution < 1.29 is 23.6 Å². The third-order valence-corrected chi connectivity index (χ3v) is 5.65. The largest absolute Gasteiger partial charge is 0.381 e. The first-order chi connectivity index (χ1) is 14.4. The number of likely N-dealkylation sites (tertiary alicyclic amines) is 1. The Morgan fingerprint density at radius 3 is 2.80 bits per heavy atom. The van der Waals surface area contributed by atoms with Crippen LogP contribution in [0.15, 0.2) is 22.7 Å². The van der Waals surface area contributed by atoms with Crippen molar-refractivity contribution in [3.63, 3.8) is 0 Å². The highest BCUT2D eigenvalue weighted by Crippen LogP contribution is 2.32. The highest BCUT2D eigenvalue weighted by atomic mass is 19.1. The number of aliphatic hydroxyl groups is 1. The molecule has 0 radical (unpaired) electrons. The van der Waals surface area contributed by atoms with Gasteiger partial charge in [-0.05, 0) is 45.0 Å². The van der Waals surface area contributed by atoms with Crippen LogP contribution in [0.2, 0.25) is 0 Å². The summed E-state index contributed by atoms with van der Waals surface area (Å²) < 4.78 is 18.6. The molecule has 9 heteroatoms. The van der Waals surface area contributed by atoms with E-state index in [-0.39, 0.29) is 30.1 Å². The molecule has 1 unspecified atom stereocenters. The van der Waals surface area contributed by atoms with E-state index in [0.717, 1.165) is 37.0 Å². The van der Waals surface area contributed by atoms with E-state index in [1.54, 1.807) is 11.0 Å². The summed E-state index contributed by atoms with van der Waals surface area (Å²) in [5.74, 6) is -0.728. The molecule has 1 aromatic carbocycles. The number of halogens is 1. The topological polar surface area (TPSA) is 98.9 Å². The number of piperidine rings is 1. The van der Waals surface area contributed by atoms with Gasteiger partial charge in [-0.3, -0.25) is 9.59 Å². The van der Waals surface area contributed by atoms with Gasteiger partial charge in [0.15, 0.2) is 5.58 Å². The summed E-state index contributed by atoms with van der Waals surface area (Å²) in [5, 5.41) is 17.5. The van der Waals surface area contributed by atoms with Gasteiger partial charge in [-0.2, -0.15) is 0 Å². The molecular formula is C21H29FN4O4. The predicted molar refractivity (Wildman–Crippen MR) is 109 cm³/mol. The maximum atomic E-state index is 13.3. The quantitative estimate of drug-likeness (QED) is 0.671. The van der Waals surface area contributed by atoms with E-state index in [4.69, 9.17) is 4.52 Å². The molecule has 0 spiro atoms. The molecule has 0 bridgehead atoms. The van der Waals surface area contributed by atoms with E-state index in [1.807, 2.05) is 6.92 Å². The number of carbonyl (C=O) groups is 2. The number of rotatable bonds is 8. The monoisotopic (exact) mass is 420 g/mol. The van der Waals surface area contributed by atoms with Gasteiger partial charge in [0, 0.05) is 43.9 Å². The van der Waals surface area contributed by atoms with E-state index in [0.29, 0.717) is 25.2 Å². The second-order valence-electron chi connectivity index (χ2n) is 7.70. The second kappa shape index (κ2) is 9.99. The summed E-state index contributed by atoms with van der Waals surface area (Å²) in [6, 6.07) is 4.51.